The number of fused-ring (bicyclic) bond motifs is 1. The van der Waals surface area contributed by atoms with Gasteiger partial charge in [-0.15, -0.1) is 0 Å². The van der Waals surface area contributed by atoms with Crippen LogP contribution in [0.3, 0.4) is 0 Å². The molecule has 1 unspecified atom stereocenters. The Morgan fingerprint density at radius 2 is 1.77 bits per heavy atom. The maximum Gasteiger partial charge on any atom is 0.267 e. The first-order valence-electron chi connectivity index (χ1n) is 9.18. The number of anilines is 2. The first-order chi connectivity index (χ1) is 14.2. The molecule has 10 heteroatoms. The molecule has 1 atom stereocenters. The zero-order valence-electron chi connectivity index (χ0n) is 16.4. The van der Waals surface area contributed by atoms with E-state index in [1.165, 1.54) is 29.2 Å². The Labute approximate surface area is 174 Å². The number of carbonyl (C=O) groups is 3. The molecular formula is C20H21N3O6S. The molecule has 1 aliphatic heterocycles. The van der Waals surface area contributed by atoms with Gasteiger partial charge in [0.05, 0.1) is 10.6 Å². The van der Waals surface area contributed by atoms with Crippen molar-refractivity contribution in [2.75, 3.05) is 16.8 Å². The molecule has 0 bridgehead atoms. The maximum absolute atomic E-state index is 12.4. The monoisotopic (exact) mass is 431 g/mol. The molecule has 9 nitrogen and oxygen atoms in total. The van der Waals surface area contributed by atoms with Gasteiger partial charge in [0.25, 0.3) is 15.9 Å². The third-order valence-electron chi connectivity index (χ3n) is 4.36. The summed E-state index contributed by atoms with van der Waals surface area (Å²) in [7, 11) is -3.94. The average molecular weight is 431 g/mol. The van der Waals surface area contributed by atoms with Crippen LogP contribution in [-0.4, -0.2) is 38.8 Å². The van der Waals surface area contributed by atoms with Crippen molar-refractivity contribution < 1.29 is 27.5 Å². The van der Waals surface area contributed by atoms with E-state index in [1.54, 1.807) is 25.1 Å². The molecule has 158 valence electrons. The van der Waals surface area contributed by atoms with Gasteiger partial charge in [0.2, 0.25) is 11.8 Å². The number of hydrogen-bond donors (Lipinski definition) is 2. The van der Waals surface area contributed by atoms with Gasteiger partial charge in [0.1, 0.15) is 5.75 Å². The fraction of sp³-hybridized carbons (Fsp3) is 0.250. The van der Waals surface area contributed by atoms with Gasteiger partial charge >= 0.3 is 0 Å². The molecule has 0 fully saturated rings. The first kappa shape index (κ1) is 21.3. The molecule has 3 amide bonds. The number of sulfonamides is 1. The number of ether oxygens (including phenoxy) is 1. The third kappa shape index (κ3) is 4.77. The Balaban J connectivity index is 1.63. The van der Waals surface area contributed by atoms with Gasteiger partial charge in [-0.3, -0.25) is 14.4 Å². The molecule has 1 heterocycles. The predicted octanol–water partition coefficient (Wildman–Crippen LogP) is 1.65. The summed E-state index contributed by atoms with van der Waals surface area (Å²) in [4.78, 5) is 37.2. The lowest BCUT2D eigenvalue weighted by molar-refractivity contribution is -0.125. The summed E-state index contributed by atoms with van der Waals surface area (Å²) in [5.41, 5.74) is 1.00. The number of hydrogen-bond acceptors (Lipinski definition) is 6. The van der Waals surface area contributed by atoms with Crippen molar-refractivity contribution in [2.45, 2.75) is 31.3 Å². The summed E-state index contributed by atoms with van der Waals surface area (Å²) in [5.74, 6) is -0.673. The average Bonchev–Trinajstić information content (AvgIpc) is 2.68. The van der Waals surface area contributed by atoms with E-state index in [4.69, 9.17) is 4.74 Å². The van der Waals surface area contributed by atoms with Crippen LogP contribution in [0.15, 0.2) is 53.4 Å². The Kier molecular flexibility index (Phi) is 6.06. The summed E-state index contributed by atoms with van der Waals surface area (Å²) in [6.07, 6.45) is -0.597. The number of rotatable bonds is 6. The van der Waals surface area contributed by atoms with E-state index in [2.05, 4.69) is 5.32 Å². The fourth-order valence-corrected chi connectivity index (χ4v) is 3.98. The highest BCUT2D eigenvalue weighted by Gasteiger charge is 2.31. The normalized spacial score (nSPS) is 15.7. The minimum atomic E-state index is -3.94. The number of nitrogens with one attached hydrogen (secondary N) is 2. The van der Waals surface area contributed by atoms with E-state index >= 15 is 0 Å². The van der Waals surface area contributed by atoms with Crippen LogP contribution in [0.2, 0.25) is 0 Å². The zero-order chi connectivity index (χ0) is 21.9. The summed E-state index contributed by atoms with van der Waals surface area (Å²) in [6, 6.07) is 12.5. The topological polar surface area (TPSA) is 122 Å². The number of carbonyl (C=O) groups excluding carboxylic acids is 3. The van der Waals surface area contributed by atoms with Crippen LogP contribution in [0, 0.1) is 0 Å². The van der Waals surface area contributed by atoms with Gasteiger partial charge < -0.3 is 15.0 Å². The van der Waals surface area contributed by atoms with E-state index in [1.807, 2.05) is 10.8 Å². The van der Waals surface area contributed by atoms with Gasteiger partial charge in [0, 0.05) is 25.6 Å². The molecule has 3 rings (SSSR count). The molecule has 2 aromatic rings. The van der Waals surface area contributed by atoms with Gasteiger partial charge in [0.15, 0.2) is 6.10 Å². The number of para-hydroxylation sites is 2. The Morgan fingerprint density at radius 3 is 2.43 bits per heavy atom. The van der Waals surface area contributed by atoms with Crippen LogP contribution in [-0.2, 0) is 24.4 Å². The van der Waals surface area contributed by atoms with Gasteiger partial charge in [-0.05, 0) is 43.3 Å². The van der Waals surface area contributed by atoms with Gasteiger partial charge in [-0.2, -0.15) is 0 Å². The van der Waals surface area contributed by atoms with E-state index in [0.717, 1.165) is 6.92 Å². The molecule has 1 aliphatic rings. The molecule has 30 heavy (non-hydrogen) atoms. The summed E-state index contributed by atoms with van der Waals surface area (Å²) in [5, 5.41) is 2.66. The van der Waals surface area contributed by atoms with E-state index in [0.29, 0.717) is 17.1 Å². The SMILES string of the molecule is CC(=O)NS(=O)(=O)c1ccc(NC(=O)CCN2C(=O)C(C)Oc3ccccc32)cc1. The highest BCUT2D eigenvalue weighted by Crippen LogP contribution is 2.33. The van der Waals surface area contributed by atoms with E-state index in [-0.39, 0.29) is 29.7 Å². The second-order valence-electron chi connectivity index (χ2n) is 6.70. The second-order valence-corrected chi connectivity index (χ2v) is 8.38. The molecule has 0 spiro atoms. The smallest absolute Gasteiger partial charge is 0.267 e. The van der Waals surface area contributed by atoms with Crippen LogP contribution in [0.25, 0.3) is 0 Å². The summed E-state index contributed by atoms with van der Waals surface area (Å²) in [6.45, 7) is 2.93. The lowest BCUT2D eigenvalue weighted by Gasteiger charge is -2.32. The molecule has 0 radical (unpaired) electrons. The van der Waals surface area contributed by atoms with Crippen LogP contribution in [0.4, 0.5) is 11.4 Å². The molecule has 2 aromatic carbocycles. The number of nitrogens with zero attached hydrogens (tertiary/aromatic N) is 1. The van der Waals surface area contributed by atoms with Crippen LogP contribution < -0.4 is 19.7 Å². The minimum Gasteiger partial charge on any atom is -0.479 e. The summed E-state index contributed by atoms with van der Waals surface area (Å²) >= 11 is 0. The van der Waals surface area contributed by atoms with Crippen LogP contribution in [0.1, 0.15) is 20.3 Å². The van der Waals surface area contributed by atoms with Crippen LogP contribution in [0.5, 0.6) is 5.75 Å². The fourth-order valence-electron chi connectivity index (χ4n) is 2.99. The Hall–Kier alpha value is -3.40. The molecule has 0 saturated carbocycles. The molecule has 2 N–H and O–H groups in total. The third-order valence-corrected chi connectivity index (χ3v) is 5.81. The van der Waals surface area contributed by atoms with Gasteiger partial charge in [-0.1, -0.05) is 12.1 Å². The van der Waals surface area contributed by atoms with Crippen molar-refractivity contribution >= 4 is 39.1 Å². The minimum absolute atomic E-state index is 0.0404. The highest BCUT2D eigenvalue weighted by atomic mass is 32.2. The maximum atomic E-state index is 12.4. The predicted molar refractivity (Wildman–Crippen MR) is 110 cm³/mol. The van der Waals surface area contributed by atoms with Crippen molar-refractivity contribution in [3.63, 3.8) is 0 Å². The lowest BCUT2D eigenvalue weighted by Crippen LogP contribution is -2.45. The van der Waals surface area contributed by atoms with Crippen molar-refractivity contribution in [1.29, 1.82) is 0 Å². The Bertz CT molecular complexity index is 1080. The largest absolute Gasteiger partial charge is 0.479 e. The van der Waals surface area contributed by atoms with Crippen molar-refractivity contribution in [3.05, 3.63) is 48.5 Å². The van der Waals surface area contributed by atoms with E-state index < -0.39 is 22.0 Å². The standard InChI is InChI=1S/C20H21N3O6S/c1-13-20(26)23(17-5-3-4-6-18(17)29-13)12-11-19(25)21-15-7-9-16(10-8-15)30(27,28)22-14(2)24/h3-10,13H,11-12H2,1-2H3,(H,21,25)(H,22,24). The quantitative estimate of drug-likeness (QED) is 0.717. The molecule has 0 aliphatic carbocycles. The molecule has 0 saturated heterocycles. The first-order valence-corrected chi connectivity index (χ1v) is 10.7. The highest BCUT2D eigenvalue weighted by molar-refractivity contribution is 7.90. The lowest BCUT2D eigenvalue weighted by atomic mass is 10.1. The summed E-state index contributed by atoms with van der Waals surface area (Å²) < 4.78 is 31.3. The van der Waals surface area contributed by atoms with Crippen LogP contribution >= 0.6 is 0 Å². The molecular weight excluding hydrogens is 410 g/mol. The second kappa shape index (κ2) is 8.54. The zero-order valence-corrected chi connectivity index (χ0v) is 17.2. The number of benzene rings is 2. The van der Waals surface area contributed by atoms with Gasteiger partial charge in [-0.25, -0.2) is 13.1 Å². The van der Waals surface area contributed by atoms with Crippen molar-refractivity contribution in [2.24, 2.45) is 0 Å². The van der Waals surface area contributed by atoms with E-state index in [9.17, 15) is 22.8 Å². The number of amides is 3. The van der Waals surface area contributed by atoms with Crippen molar-refractivity contribution in [1.82, 2.24) is 4.72 Å². The van der Waals surface area contributed by atoms with Crippen molar-refractivity contribution in [3.8, 4) is 5.75 Å². The Morgan fingerprint density at radius 1 is 1.10 bits per heavy atom. The molecule has 0 aromatic heterocycles.